The molecule has 1 amide bonds. The van der Waals surface area contributed by atoms with Crippen molar-refractivity contribution in [1.82, 2.24) is 0 Å². The Labute approximate surface area is 174 Å². The van der Waals surface area contributed by atoms with Gasteiger partial charge in [0.25, 0.3) is 5.91 Å². The molecule has 1 aliphatic rings. The molecule has 1 N–H and O–H groups in total. The van der Waals surface area contributed by atoms with Crippen molar-refractivity contribution in [3.8, 4) is 11.5 Å². The predicted molar refractivity (Wildman–Crippen MR) is 102 cm³/mol. The second-order valence-electron chi connectivity index (χ2n) is 6.53. The Kier molecular flexibility index (Phi) is 6.84. The average molecular weight is 446 g/mol. The van der Waals surface area contributed by atoms with Gasteiger partial charge in [0, 0.05) is 18.7 Å². The highest BCUT2D eigenvalue weighted by molar-refractivity contribution is 6.06. The summed E-state index contributed by atoms with van der Waals surface area (Å²) in [5.74, 6) is -1.14. The molecule has 1 aliphatic heterocycles. The number of hydrogen-bond acceptors (Lipinski definition) is 5. The molecule has 11 heteroatoms. The summed E-state index contributed by atoms with van der Waals surface area (Å²) in [6.45, 7) is -1.40. The molecule has 1 heterocycles. The normalized spacial score (nSPS) is 14.5. The second-order valence-corrected chi connectivity index (χ2v) is 6.53. The van der Waals surface area contributed by atoms with Crippen LogP contribution >= 0.6 is 0 Å². The molecule has 0 saturated carbocycles. The number of alkyl halides is 5. The smallest absolute Gasteiger partial charge is 0.416 e. The summed E-state index contributed by atoms with van der Waals surface area (Å²) in [6.07, 6.45) is -4.60. The molecule has 0 unspecified atom stereocenters. The maximum absolute atomic E-state index is 13.2. The van der Waals surface area contributed by atoms with Gasteiger partial charge in [0.1, 0.15) is 0 Å². The first kappa shape index (κ1) is 22.6. The molecule has 3 rings (SSSR count). The van der Waals surface area contributed by atoms with Gasteiger partial charge in [0.2, 0.25) is 0 Å². The van der Waals surface area contributed by atoms with E-state index in [0.29, 0.717) is 32.0 Å². The van der Waals surface area contributed by atoms with Crippen molar-refractivity contribution in [2.24, 2.45) is 0 Å². The van der Waals surface area contributed by atoms with Crippen LogP contribution in [0, 0.1) is 0 Å². The molecule has 0 spiro atoms. The van der Waals surface area contributed by atoms with Crippen LogP contribution in [-0.4, -0.2) is 45.9 Å². The lowest BCUT2D eigenvalue weighted by Gasteiger charge is -2.31. The number of ether oxygens (including phenoxy) is 3. The van der Waals surface area contributed by atoms with Gasteiger partial charge < -0.3 is 24.4 Å². The first-order valence-electron chi connectivity index (χ1n) is 9.17. The number of carbonyl (C=O) groups excluding carboxylic acids is 1. The number of nitrogens with one attached hydrogen (secondary N) is 1. The fraction of sp³-hybridized carbons (Fsp3) is 0.350. The number of hydrogen-bond donors (Lipinski definition) is 1. The van der Waals surface area contributed by atoms with Crippen molar-refractivity contribution in [1.29, 1.82) is 0 Å². The average Bonchev–Trinajstić information content (AvgIpc) is 2.73. The summed E-state index contributed by atoms with van der Waals surface area (Å²) < 4.78 is 79.1. The fourth-order valence-electron chi connectivity index (χ4n) is 3.09. The van der Waals surface area contributed by atoms with Crippen LogP contribution in [0.4, 0.5) is 33.3 Å². The van der Waals surface area contributed by atoms with Gasteiger partial charge >= 0.3 is 12.8 Å². The quantitative estimate of drug-likeness (QED) is 0.667. The Hall–Kier alpha value is -3.08. The Morgan fingerprint density at radius 2 is 1.81 bits per heavy atom. The second kappa shape index (κ2) is 9.38. The Morgan fingerprint density at radius 3 is 2.42 bits per heavy atom. The largest absolute Gasteiger partial charge is 0.493 e. The number of halogens is 5. The molecule has 2 aromatic carbocycles. The van der Waals surface area contributed by atoms with Gasteiger partial charge in [0.05, 0.1) is 37.3 Å². The number of anilines is 2. The SMILES string of the molecule is COc1cc(C(=O)Nc2cc(C(F)(F)F)ccc2N2CCOCC2)ccc1OC(F)F. The van der Waals surface area contributed by atoms with Crippen LogP contribution in [0.25, 0.3) is 0 Å². The van der Waals surface area contributed by atoms with E-state index < -0.39 is 24.3 Å². The van der Waals surface area contributed by atoms with Gasteiger partial charge in [-0.05, 0) is 36.4 Å². The van der Waals surface area contributed by atoms with E-state index in [9.17, 15) is 26.7 Å². The lowest BCUT2D eigenvalue weighted by molar-refractivity contribution is -0.137. The van der Waals surface area contributed by atoms with Gasteiger partial charge in [-0.3, -0.25) is 4.79 Å². The molecule has 6 nitrogen and oxygen atoms in total. The van der Waals surface area contributed by atoms with Gasteiger partial charge in [-0.2, -0.15) is 22.0 Å². The minimum atomic E-state index is -4.60. The van der Waals surface area contributed by atoms with Crippen molar-refractivity contribution in [2.75, 3.05) is 43.6 Å². The minimum Gasteiger partial charge on any atom is -0.493 e. The lowest BCUT2D eigenvalue weighted by Crippen LogP contribution is -2.36. The molecule has 0 aromatic heterocycles. The molecule has 168 valence electrons. The van der Waals surface area contributed by atoms with E-state index in [1.54, 1.807) is 4.90 Å². The number of methoxy groups -OCH3 is 1. The Balaban J connectivity index is 1.91. The van der Waals surface area contributed by atoms with Crippen molar-refractivity contribution in [3.05, 3.63) is 47.5 Å². The van der Waals surface area contributed by atoms with Gasteiger partial charge in [0.15, 0.2) is 11.5 Å². The number of rotatable bonds is 6. The zero-order chi connectivity index (χ0) is 22.6. The first-order chi connectivity index (χ1) is 14.7. The molecular formula is C20H19F5N2O4. The summed E-state index contributed by atoms with van der Waals surface area (Å²) in [5, 5.41) is 2.48. The maximum atomic E-state index is 13.2. The van der Waals surface area contributed by atoms with Crippen LogP contribution in [0.3, 0.4) is 0 Å². The van der Waals surface area contributed by atoms with Crippen LogP contribution in [0.15, 0.2) is 36.4 Å². The van der Waals surface area contributed by atoms with Crippen molar-refractivity contribution in [2.45, 2.75) is 12.8 Å². The number of morpholine rings is 1. The zero-order valence-corrected chi connectivity index (χ0v) is 16.3. The highest BCUT2D eigenvalue weighted by atomic mass is 19.4. The van der Waals surface area contributed by atoms with E-state index in [1.807, 2.05) is 0 Å². The van der Waals surface area contributed by atoms with Crippen molar-refractivity contribution >= 4 is 17.3 Å². The number of nitrogens with zero attached hydrogens (tertiary/aromatic N) is 1. The van der Waals surface area contributed by atoms with Crippen LogP contribution in [0.1, 0.15) is 15.9 Å². The van der Waals surface area contributed by atoms with Crippen molar-refractivity contribution < 1.29 is 41.0 Å². The molecule has 1 fully saturated rings. The van der Waals surface area contributed by atoms with E-state index in [2.05, 4.69) is 10.1 Å². The van der Waals surface area contributed by atoms with E-state index in [4.69, 9.17) is 9.47 Å². The Morgan fingerprint density at radius 1 is 1.10 bits per heavy atom. The summed E-state index contributed by atoms with van der Waals surface area (Å²) in [7, 11) is 1.21. The van der Waals surface area contributed by atoms with Crippen LogP contribution in [-0.2, 0) is 10.9 Å². The highest BCUT2D eigenvalue weighted by Gasteiger charge is 2.32. The summed E-state index contributed by atoms with van der Waals surface area (Å²) >= 11 is 0. The van der Waals surface area contributed by atoms with Crippen LogP contribution in [0.5, 0.6) is 11.5 Å². The molecule has 2 aromatic rings. The number of benzene rings is 2. The molecule has 0 aliphatic carbocycles. The summed E-state index contributed by atoms with van der Waals surface area (Å²) in [5.41, 5.74) is -0.551. The van der Waals surface area contributed by atoms with E-state index in [-0.39, 0.29) is 22.7 Å². The van der Waals surface area contributed by atoms with E-state index in [0.717, 1.165) is 24.3 Å². The third-order valence-electron chi connectivity index (χ3n) is 4.57. The first-order valence-corrected chi connectivity index (χ1v) is 9.17. The van der Waals surface area contributed by atoms with Crippen molar-refractivity contribution in [3.63, 3.8) is 0 Å². The minimum absolute atomic E-state index is 0.0104. The summed E-state index contributed by atoms with van der Waals surface area (Å²) in [6, 6.07) is 6.58. The maximum Gasteiger partial charge on any atom is 0.416 e. The number of amides is 1. The molecular weight excluding hydrogens is 427 g/mol. The standard InChI is InChI=1S/C20H19F5N2O4/c1-29-17-10-12(2-5-16(17)31-19(21)22)18(28)26-14-11-13(20(23,24)25)3-4-15(14)27-6-8-30-9-7-27/h2-5,10-11,19H,6-9H2,1H3,(H,26,28). The topological polar surface area (TPSA) is 60.0 Å². The third kappa shape index (κ3) is 5.54. The number of carbonyl (C=O) groups is 1. The van der Waals surface area contributed by atoms with Crippen LogP contribution in [0.2, 0.25) is 0 Å². The molecule has 0 radical (unpaired) electrons. The summed E-state index contributed by atoms with van der Waals surface area (Å²) in [4.78, 5) is 14.5. The zero-order valence-electron chi connectivity index (χ0n) is 16.3. The Bertz CT molecular complexity index is 930. The monoisotopic (exact) mass is 446 g/mol. The molecule has 0 atom stereocenters. The molecule has 0 bridgehead atoms. The third-order valence-corrected chi connectivity index (χ3v) is 4.57. The lowest BCUT2D eigenvalue weighted by atomic mass is 10.1. The highest BCUT2D eigenvalue weighted by Crippen LogP contribution is 2.36. The fourth-order valence-corrected chi connectivity index (χ4v) is 3.09. The molecule has 1 saturated heterocycles. The van der Waals surface area contributed by atoms with Gasteiger partial charge in [-0.25, -0.2) is 0 Å². The molecule has 31 heavy (non-hydrogen) atoms. The van der Waals surface area contributed by atoms with E-state index >= 15 is 0 Å². The van der Waals surface area contributed by atoms with Crippen LogP contribution < -0.4 is 19.7 Å². The van der Waals surface area contributed by atoms with Gasteiger partial charge in [-0.1, -0.05) is 0 Å². The predicted octanol–water partition coefficient (Wildman–Crippen LogP) is 4.40. The van der Waals surface area contributed by atoms with Gasteiger partial charge in [-0.15, -0.1) is 0 Å². The van der Waals surface area contributed by atoms with E-state index in [1.165, 1.54) is 19.2 Å².